The van der Waals surface area contributed by atoms with E-state index in [-0.39, 0.29) is 17.9 Å². The molecular formula is C14H21BrN2O. The van der Waals surface area contributed by atoms with Gasteiger partial charge in [0.1, 0.15) is 0 Å². The molecule has 0 bridgehead atoms. The van der Waals surface area contributed by atoms with Crippen LogP contribution in [0.25, 0.3) is 0 Å². The van der Waals surface area contributed by atoms with E-state index in [4.69, 9.17) is 5.73 Å². The lowest BCUT2D eigenvalue weighted by Gasteiger charge is -2.19. The second kappa shape index (κ2) is 7.54. The summed E-state index contributed by atoms with van der Waals surface area (Å²) in [4.78, 5) is 12.0. The molecule has 2 atom stereocenters. The van der Waals surface area contributed by atoms with Gasteiger partial charge in [-0.05, 0) is 31.0 Å². The summed E-state index contributed by atoms with van der Waals surface area (Å²) in [5.41, 5.74) is 6.72. The van der Waals surface area contributed by atoms with Crippen LogP contribution in [0.2, 0.25) is 0 Å². The molecule has 0 aliphatic rings. The number of nitrogens with two attached hydrogens (primary N) is 1. The van der Waals surface area contributed by atoms with Crippen LogP contribution in [0.3, 0.4) is 0 Å². The van der Waals surface area contributed by atoms with Gasteiger partial charge in [-0.3, -0.25) is 4.79 Å². The second-order valence-electron chi connectivity index (χ2n) is 4.50. The maximum atomic E-state index is 12.0. The molecule has 0 saturated heterocycles. The topological polar surface area (TPSA) is 55.1 Å². The zero-order valence-electron chi connectivity index (χ0n) is 10.9. The lowest BCUT2D eigenvalue weighted by molar-refractivity contribution is -0.125. The Labute approximate surface area is 117 Å². The molecular weight excluding hydrogens is 292 g/mol. The highest BCUT2D eigenvalue weighted by Crippen LogP contribution is 2.17. The smallest absolute Gasteiger partial charge is 0.224 e. The third-order valence-corrected chi connectivity index (χ3v) is 3.55. The molecule has 0 spiro atoms. The summed E-state index contributed by atoms with van der Waals surface area (Å²) in [5, 5.41) is 3.02. The fourth-order valence-electron chi connectivity index (χ4n) is 1.87. The zero-order valence-corrected chi connectivity index (χ0v) is 12.5. The molecule has 0 aliphatic heterocycles. The van der Waals surface area contributed by atoms with Crippen LogP contribution < -0.4 is 11.1 Å². The van der Waals surface area contributed by atoms with Crippen molar-refractivity contribution in [2.45, 2.75) is 32.7 Å². The van der Waals surface area contributed by atoms with Gasteiger partial charge in [0.25, 0.3) is 0 Å². The van der Waals surface area contributed by atoms with Crippen molar-refractivity contribution < 1.29 is 4.79 Å². The third-order valence-electron chi connectivity index (χ3n) is 3.02. The van der Waals surface area contributed by atoms with E-state index in [2.05, 4.69) is 28.2 Å². The summed E-state index contributed by atoms with van der Waals surface area (Å²) in [6, 6.07) is 7.98. The zero-order chi connectivity index (χ0) is 13.5. The van der Waals surface area contributed by atoms with Gasteiger partial charge in [-0.1, -0.05) is 41.4 Å². The first-order chi connectivity index (χ1) is 8.58. The number of hydrogen-bond donors (Lipinski definition) is 2. The SMILES string of the molecule is CCCC(CN)C(=O)N[C@@H](C)c1ccc(Br)cc1. The van der Waals surface area contributed by atoms with Crippen molar-refractivity contribution in [1.82, 2.24) is 5.32 Å². The van der Waals surface area contributed by atoms with E-state index < -0.39 is 0 Å². The number of hydrogen-bond acceptors (Lipinski definition) is 2. The molecule has 3 nitrogen and oxygen atoms in total. The molecule has 1 aromatic carbocycles. The second-order valence-corrected chi connectivity index (χ2v) is 5.42. The summed E-state index contributed by atoms with van der Waals surface area (Å²) in [5.74, 6) is -0.0253. The van der Waals surface area contributed by atoms with Crippen molar-refractivity contribution in [3.8, 4) is 0 Å². The first-order valence-corrected chi connectivity index (χ1v) is 7.13. The van der Waals surface area contributed by atoms with Crippen LogP contribution in [0.1, 0.15) is 38.3 Å². The van der Waals surface area contributed by atoms with Crippen LogP contribution >= 0.6 is 15.9 Å². The fraction of sp³-hybridized carbons (Fsp3) is 0.500. The molecule has 0 saturated carbocycles. The average Bonchev–Trinajstić information content (AvgIpc) is 2.36. The van der Waals surface area contributed by atoms with E-state index in [1.807, 2.05) is 31.2 Å². The van der Waals surface area contributed by atoms with Gasteiger partial charge in [-0.25, -0.2) is 0 Å². The highest BCUT2D eigenvalue weighted by Gasteiger charge is 2.18. The minimum atomic E-state index is -0.0760. The molecule has 1 unspecified atom stereocenters. The maximum absolute atomic E-state index is 12.0. The van der Waals surface area contributed by atoms with Crippen molar-refractivity contribution in [3.63, 3.8) is 0 Å². The maximum Gasteiger partial charge on any atom is 0.224 e. The van der Waals surface area contributed by atoms with Gasteiger partial charge in [-0.15, -0.1) is 0 Å². The van der Waals surface area contributed by atoms with Crippen molar-refractivity contribution >= 4 is 21.8 Å². The van der Waals surface area contributed by atoms with E-state index in [1.54, 1.807) is 0 Å². The summed E-state index contributed by atoms with van der Waals surface area (Å²) in [6.45, 7) is 4.46. The number of carbonyl (C=O) groups is 1. The number of amides is 1. The van der Waals surface area contributed by atoms with E-state index in [0.717, 1.165) is 22.9 Å². The van der Waals surface area contributed by atoms with Crippen LogP contribution in [0.4, 0.5) is 0 Å². The molecule has 0 fully saturated rings. The predicted molar refractivity (Wildman–Crippen MR) is 78.2 cm³/mol. The molecule has 0 heterocycles. The Morgan fingerprint density at radius 1 is 1.39 bits per heavy atom. The number of rotatable bonds is 6. The normalized spacial score (nSPS) is 14.0. The molecule has 1 rings (SSSR count). The van der Waals surface area contributed by atoms with Gasteiger partial charge in [0.05, 0.1) is 12.0 Å². The van der Waals surface area contributed by atoms with Gasteiger partial charge in [0.2, 0.25) is 5.91 Å². The van der Waals surface area contributed by atoms with E-state index in [1.165, 1.54) is 0 Å². The molecule has 0 radical (unpaired) electrons. The van der Waals surface area contributed by atoms with Crippen molar-refractivity contribution in [3.05, 3.63) is 34.3 Å². The summed E-state index contributed by atoms with van der Waals surface area (Å²) >= 11 is 3.40. The van der Waals surface area contributed by atoms with Crippen molar-refractivity contribution in [1.29, 1.82) is 0 Å². The van der Waals surface area contributed by atoms with Crippen LogP contribution in [-0.2, 0) is 4.79 Å². The summed E-state index contributed by atoms with van der Waals surface area (Å²) in [6.07, 6.45) is 1.82. The summed E-state index contributed by atoms with van der Waals surface area (Å²) in [7, 11) is 0. The van der Waals surface area contributed by atoms with Crippen molar-refractivity contribution in [2.75, 3.05) is 6.54 Å². The van der Waals surface area contributed by atoms with Gasteiger partial charge in [-0.2, -0.15) is 0 Å². The highest BCUT2D eigenvalue weighted by atomic mass is 79.9. The molecule has 18 heavy (non-hydrogen) atoms. The number of benzene rings is 1. The Kier molecular flexibility index (Phi) is 6.36. The van der Waals surface area contributed by atoms with E-state index >= 15 is 0 Å². The summed E-state index contributed by atoms with van der Waals surface area (Å²) < 4.78 is 1.04. The molecule has 3 N–H and O–H groups in total. The Morgan fingerprint density at radius 3 is 2.50 bits per heavy atom. The van der Waals surface area contributed by atoms with Crippen LogP contribution in [0.5, 0.6) is 0 Å². The van der Waals surface area contributed by atoms with E-state index in [0.29, 0.717) is 6.54 Å². The fourth-order valence-corrected chi connectivity index (χ4v) is 2.13. The molecule has 100 valence electrons. The molecule has 0 aromatic heterocycles. The Balaban J connectivity index is 2.60. The predicted octanol–water partition coefficient (Wildman–Crippen LogP) is 3.00. The number of carbonyl (C=O) groups excluding carboxylic acids is 1. The highest BCUT2D eigenvalue weighted by molar-refractivity contribution is 9.10. The first-order valence-electron chi connectivity index (χ1n) is 6.34. The van der Waals surface area contributed by atoms with Gasteiger partial charge >= 0.3 is 0 Å². The lowest BCUT2D eigenvalue weighted by Crippen LogP contribution is -2.36. The van der Waals surface area contributed by atoms with Crippen LogP contribution in [0, 0.1) is 5.92 Å². The standard InChI is InChI=1S/C14H21BrN2O/c1-3-4-12(9-16)14(18)17-10(2)11-5-7-13(15)8-6-11/h5-8,10,12H,3-4,9,16H2,1-2H3,(H,17,18)/t10-,12?/m0/s1. The number of halogens is 1. The third kappa shape index (κ3) is 4.42. The lowest BCUT2D eigenvalue weighted by atomic mass is 10.0. The van der Waals surface area contributed by atoms with Crippen molar-refractivity contribution in [2.24, 2.45) is 11.7 Å². The Morgan fingerprint density at radius 2 is 2.00 bits per heavy atom. The number of nitrogens with one attached hydrogen (secondary N) is 1. The molecule has 0 aliphatic carbocycles. The average molecular weight is 313 g/mol. The van der Waals surface area contributed by atoms with Gasteiger partial charge < -0.3 is 11.1 Å². The molecule has 1 aromatic rings. The van der Waals surface area contributed by atoms with Crippen LogP contribution in [0.15, 0.2) is 28.7 Å². The van der Waals surface area contributed by atoms with Gasteiger partial charge in [0.15, 0.2) is 0 Å². The van der Waals surface area contributed by atoms with E-state index in [9.17, 15) is 4.79 Å². The minimum absolute atomic E-state index is 0.0107. The first kappa shape index (κ1) is 15.2. The monoisotopic (exact) mass is 312 g/mol. The quantitative estimate of drug-likeness (QED) is 0.848. The Bertz CT molecular complexity index is 378. The van der Waals surface area contributed by atoms with Crippen LogP contribution in [-0.4, -0.2) is 12.5 Å². The molecule has 4 heteroatoms. The molecule has 1 amide bonds. The van der Waals surface area contributed by atoms with Gasteiger partial charge in [0, 0.05) is 11.0 Å². The minimum Gasteiger partial charge on any atom is -0.349 e. The largest absolute Gasteiger partial charge is 0.349 e. The Hall–Kier alpha value is -0.870.